The van der Waals surface area contributed by atoms with Crippen molar-refractivity contribution in [1.82, 2.24) is 9.80 Å². The largest absolute Gasteiger partial charge is 0.340 e. The van der Waals surface area contributed by atoms with Gasteiger partial charge < -0.3 is 4.90 Å². The van der Waals surface area contributed by atoms with Crippen molar-refractivity contribution in [2.45, 2.75) is 53.4 Å². The number of hydrogen-bond acceptors (Lipinski definition) is 2. The van der Waals surface area contributed by atoms with Crippen LogP contribution in [0, 0.1) is 12.3 Å². The molecule has 1 aromatic rings. The van der Waals surface area contributed by atoms with Crippen LogP contribution in [0.15, 0.2) is 24.3 Å². The molecule has 1 aliphatic rings. The van der Waals surface area contributed by atoms with Crippen molar-refractivity contribution in [2.75, 3.05) is 32.7 Å². The molecule has 1 heterocycles. The zero-order valence-electron chi connectivity index (χ0n) is 16.0. The lowest BCUT2D eigenvalue weighted by Gasteiger charge is -2.36. The Bertz CT molecular complexity index is 525. The van der Waals surface area contributed by atoms with Crippen LogP contribution in [0.4, 0.5) is 0 Å². The normalized spacial score (nSPS) is 16.4. The summed E-state index contributed by atoms with van der Waals surface area (Å²) < 4.78 is 0. The molecule has 3 nitrogen and oxygen atoms in total. The molecule has 1 saturated heterocycles. The third kappa shape index (κ3) is 6.27. The summed E-state index contributed by atoms with van der Waals surface area (Å²) in [6.45, 7) is 14.0. The van der Waals surface area contributed by atoms with Crippen LogP contribution in [0.2, 0.25) is 0 Å². The fraction of sp³-hybridized carbons (Fsp3) is 0.667. The topological polar surface area (TPSA) is 23.6 Å². The van der Waals surface area contributed by atoms with Crippen molar-refractivity contribution in [2.24, 2.45) is 5.41 Å². The van der Waals surface area contributed by atoms with Gasteiger partial charge in [0.15, 0.2) is 0 Å². The number of amides is 1. The van der Waals surface area contributed by atoms with Gasteiger partial charge in [0.2, 0.25) is 5.91 Å². The summed E-state index contributed by atoms with van der Waals surface area (Å²) in [7, 11) is 0. The minimum atomic E-state index is 0.332. The molecule has 1 aliphatic heterocycles. The van der Waals surface area contributed by atoms with E-state index in [0.717, 1.165) is 45.6 Å². The van der Waals surface area contributed by atoms with Gasteiger partial charge in [-0.05, 0) is 49.3 Å². The number of carbonyl (C=O) groups excluding carboxylic acids is 1. The predicted octanol–water partition coefficient (Wildman–Crippen LogP) is 3.90. The predicted molar refractivity (Wildman–Crippen MR) is 101 cm³/mol. The first-order chi connectivity index (χ1) is 11.3. The van der Waals surface area contributed by atoms with Crippen LogP contribution in [0.5, 0.6) is 0 Å². The smallest absolute Gasteiger partial charge is 0.222 e. The molecule has 0 atom stereocenters. The lowest BCUT2D eigenvalue weighted by Crippen LogP contribution is -2.49. The van der Waals surface area contributed by atoms with E-state index in [-0.39, 0.29) is 0 Å². The van der Waals surface area contributed by atoms with E-state index in [0.29, 0.717) is 17.7 Å². The van der Waals surface area contributed by atoms with Gasteiger partial charge in [-0.15, -0.1) is 0 Å². The van der Waals surface area contributed by atoms with E-state index in [1.165, 1.54) is 17.5 Å². The number of rotatable bonds is 6. The molecule has 0 aromatic heterocycles. The average molecular weight is 331 g/mol. The molecule has 1 fully saturated rings. The summed E-state index contributed by atoms with van der Waals surface area (Å²) in [6.07, 6.45) is 3.85. The molecule has 134 valence electrons. The minimum absolute atomic E-state index is 0.332. The zero-order chi connectivity index (χ0) is 17.6. The highest BCUT2D eigenvalue weighted by Gasteiger charge is 2.21. The number of piperazine rings is 1. The Morgan fingerprint density at radius 3 is 2.38 bits per heavy atom. The number of benzene rings is 1. The van der Waals surface area contributed by atoms with Crippen LogP contribution in [-0.2, 0) is 11.2 Å². The molecular formula is C21H34N2O. The molecule has 0 N–H and O–H groups in total. The fourth-order valence-corrected chi connectivity index (χ4v) is 3.19. The van der Waals surface area contributed by atoms with E-state index < -0.39 is 0 Å². The number of aryl methyl sites for hydroxylation is 2. The van der Waals surface area contributed by atoms with Crippen molar-refractivity contribution in [3.63, 3.8) is 0 Å². The summed E-state index contributed by atoms with van der Waals surface area (Å²) in [5, 5.41) is 0. The molecule has 3 heteroatoms. The molecule has 24 heavy (non-hydrogen) atoms. The van der Waals surface area contributed by atoms with Crippen LogP contribution in [0.1, 0.15) is 51.2 Å². The van der Waals surface area contributed by atoms with Gasteiger partial charge in [0.05, 0.1) is 0 Å². The van der Waals surface area contributed by atoms with Gasteiger partial charge in [-0.3, -0.25) is 9.69 Å². The molecule has 0 unspecified atom stereocenters. The van der Waals surface area contributed by atoms with Gasteiger partial charge >= 0.3 is 0 Å². The molecule has 1 amide bonds. The van der Waals surface area contributed by atoms with Crippen molar-refractivity contribution in [1.29, 1.82) is 0 Å². The fourth-order valence-electron chi connectivity index (χ4n) is 3.19. The van der Waals surface area contributed by atoms with Gasteiger partial charge in [-0.25, -0.2) is 0 Å². The summed E-state index contributed by atoms with van der Waals surface area (Å²) >= 11 is 0. The van der Waals surface area contributed by atoms with Gasteiger partial charge in [0, 0.05) is 32.6 Å². The van der Waals surface area contributed by atoms with E-state index in [9.17, 15) is 4.79 Å². The molecule has 0 aliphatic carbocycles. The Hall–Kier alpha value is -1.35. The summed E-state index contributed by atoms with van der Waals surface area (Å²) in [5.74, 6) is 0.332. The number of nitrogens with zero attached hydrogens (tertiary/aromatic N) is 2. The molecule has 0 spiro atoms. The Morgan fingerprint density at radius 2 is 1.75 bits per heavy atom. The van der Waals surface area contributed by atoms with Crippen LogP contribution in [0.25, 0.3) is 0 Å². The van der Waals surface area contributed by atoms with Crippen LogP contribution in [-0.4, -0.2) is 48.4 Å². The molecule has 2 rings (SSSR count). The third-order valence-electron chi connectivity index (χ3n) is 5.00. The van der Waals surface area contributed by atoms with Gasteiger partial charge in [0.25, 0.3) is 0 Å². The quantitative estimate of drug-likeness (QED) is 0.790. The van der Waals surface area contributed by atoms with Crippen LogP contribution < -0.4 is 0 Å². The molecule has 1 aromatic carbocycles. The van der Waals surface area contributed by atoms with E-state index >= 15 is 0 Å². The van der Waals surface area contributed by atoms with Gasteiger partial charge in [-0.2, -0.15) is 0 Å². The van der Waals surface area contributed by atoms with E-state index in [1.54, 1.807) is 0 Å². The lowest BCUT2D eigenvalue weighted by molar-refractivity contribution is -0.133. The van der Waals surface area contributed by atoms with E-state index in [1.807, 2.05) is 0 Å². The molecule has 0 saturated carbocycles. The maximum atomic E-state index is 12.4. The second-order valence-corrected chi connectivity index (χ2v) is 8.31. The van der Waals surface area contributed by atoms with Crippen LogP contribution in [0.3, 0.4) is 0 Å². The van der Waals surface area contributed by atoms with Crippen molar-refractivity contribution >= 4 is 5.91 Å². The second kappa shape index (κ2) is 8.66. The van der Waals surface area contributed by atoms with E-state index in [2.05, 4.69) is 61.8 Å². The van der Waals surface area contributed by atoms with Gasteiger partial charge in [0.1, 0.15) is 0 Å². The maximum absolute atomic E-state index is 12.4. The zero-order valence-corrected chi connectivity index (χ0v) is 16.0. The highest BCUT2D eigenvalue weighted by Crippen LogP contribution is 2.19. The lowest BCUT2D eigenvalue weighted by atomic mass is 9.92. The Kier molecular flexibility index (Phi) is 6.85. The number of carbonyl (C=O) groups is 1. The first kappa shape index (κ1) is 19.0. The standard InChI is InChI=1S/C21H34N2O/c1-18-8-5-6-9-19(18)10-7-11-20(24)23-16-14-22(15-17-23)13-12-21(2,3)4/h5-6,8-9H,7,10-17H2,1-4H3. The Morgan fingerprint density at radius 1 is 1.08 bits per heavy atom. The van der Waals surface area contributed by atoms with Crippen molar-refractivity contribution in [3.8, 4) is 0 Å². The maximum Gasteiger partial charge on any atom is 0.222 e. The Labute approximate surface area is 148 Å². The summed E-state index contributed by atoms with van der Waals surface area (Å²) in [4.78, 5) is 17.0. The second-order valence-electron chi connectivity index (χ2n) is 8.31. The number of hydrogen-bond donors (Lipinski definition) is 0. The first-order valence-corrected chi connectivity index (χ1v) is 9.40. The molecule has 0 radical (unpaired) electrons. The SMILES string of the molecule is Cc1ccccc1CCCC(=O)N1CCN(CCC(C)(C)C)CC1. The van der Waals surface area contributed by atoms with E-state index in [4.69, 9.17) is 0 Å². The third-order valence-corrected chi connectivity index (χ3v) is 5.00. The molecular weight excluding hydrogens is 296 g/mol. The first-order valence-electron chi connectivity index (χ1n) is 9.40. The average Bonchev–Trinajstić information content (AvgIpc) is 2.54. The highest BCUT2D eigenvalue weighted by atomic mass is 16.2. The monoisotopic (exact) mass is 330 g/mol. The Balaban J connectivity index is 1.67. The van der Waals surface area contributed by atoms with Crippen molar-refractivity contribution in [3.05, 3.63) is 35.4 Å². The highest BCUT2D eigenvalue weighted by molar-refractivity contribution is 5.76. The van der Waals surface area contributed by atoms with Gasteiger partial charge in [-0.1, -0.05) is 45.0 Å². The summed E-state index contributed by atoms with van der Waals surface area (Å²) in [5.41, 5.74) is 3.09. The minimum Gasteiger partial charge on any atom is -0.340 e. The summed E-state index contributed by atoms with van der Waals surface area (Å²) in [6, 6.07) is 8.48. The molecule has 0 bridgehead atoms. The van der Waals surface area contributed by atoms with Crippen molar-refractivity contribution < 1.29 is 4.79 Å². The van der Waals surface area contributed by atoms with Crippen LogP contribution >= 0.6 is 0 Å².